The summed E-state index contributed by atoms with van der Waals surface area (Å²) in [6.07, 6.45) is -0.434. The Morgan fingerprint density at radius 3 is 2.64 bits per heavy atom. The second kappa shape index (κ2) is 5.37. The number of ether oxygens (including phenoxy) is 1. The Bertz CT molecular complexity index is 695. The lowest BCUT2D eigenvalue weighted by Crippen LogP contribution is -2.34. The van der Waals surface area contributed by atoms with Crippen molar-refractivity contribution in [3.05, 3.63) is 59.7 Å². The third-order valence-corrected chi connectivity index (χ3v) is 4.14. The normalized spacial score (nSPS) is 18.9. The van der Waals surface area contributed by atoms with E-state index in [-0.39, 0.29) is 11.5 Å². The third kappa shape index (κ3) is 2.77. The summed E-state index contributed by atoms with van der Waals surface area (Å²) in [6.45, 7) is 4.43. The number of fused-ring (bicyclic) bond motifs is 1. The number of rotatable bonds is 2. The fraction of sp³-hybridized carbons (Fsp3) is 0.278. The minimum atomic E-state index is -1.29. The molecule has 2 aromatic carbocycles. The van der Waals surface area contributed by atoms with Crippen LogP contribution in [-0.2, 0) is 6.42 Å². The van der Waals surface area contributed by atoms with E-state index in [1.165, 1.54) is 5.56 Å². The number of carbonyl (C=O) groups is 1. The van der Waals surface area contributed by atoms with Gasteiger partial charge in [-0.15, -0.1) is 0 Å². The number of hydrogen-bond donors (Lipinski definition) is 2. The minimum absolute atomic E-state index is 0.0101. The number of carboxylic acid groups (broad SMARTS) is 1. The van der Waals surface area contributed by atoms with Crippen LogP contribution in [0.5, 0.6) is 5.75 Å². The minimum Gasteiger partial charge on any atom is -0.449 e. The molecule has 3 rings (SSSR count). The average Bonchev–Trinajstić information content (AvgIpc) is 2.46. The van der Waals surface area contributed by atoms with Crippen molar-refractivity contribution in [2.75, 3.05) is 5.32 Å². The molecule has 0 bridgehead atoms. The highest BCUT2D eigenvalue weighted by Gasteiger charge is 2.35. The molecule has 4 nitrogen and oxygen atoms in total. The van der Waals surface area contributed by atoms with Crippen LogP contribution >= 0.6 is 0 Å². The Morgan fingerprint density at radius 1 is 1.23 bits per heavy atom. The summed E-state index contributed by atoms with van der Waals surface area (Å²) in [5, 5.41) is 12.3. The van der Waals surface area contributed by atoms with Crippen LogP contribution in [-0.4, -0.2) is 11.3 Å². The first-order valence-corrected chi connectivity index (χ1v) is 7.31. The van der Waals surface area contributed by atoms with Crippen LogP contribution in [0.2, 0.25) is 0 Å². The molecule has 1 aliphatic heterocycles. The van der Waals surface area contributed by atoms with E-state index in [9.17, 15) is 4.79 Å². The van der Waals surface area contributed by atoms with Crippen molar-refractivity contribution < 1.29 is 14.6 Å². The maximum absolute atomic E-state index is 10.7. The Balaban J connectivity index is 1.94. The highest BCUT2D eigenvalue weighted by atomic mass is 16.7. The molecule has 0 aliphatic carbocycles. The molecule has 0 fully saturated rings. The van der Waals surface area contributed by atoms with Gasteiger partial charge in [-0.2, -0.15) is 0 Å². The van der Waals surface area contributed by atoms with Crippen molar-refractivity contribution in [1.82, 2.24) is 0 Å². The van der Waals surface area contributed by atoms with Gasteiger partial charge in [0.25, 0.3) is 0 Å². The quantitative estimate of drug-likeness (QED) is 0.634. The van der Waals surface area contributed by atoms with Crippen molar-refractivity contribution in [3.8, 4) is 5.75 Å². The summed E-state index contributed by atoms with van der Waals surface area (Å²) in [5.74, 6) is 0.363. The maximum Gasteiger partial charge on any atom is 0.511 e. The van der Waals surface area contributed by atoms with Gasteiger partial charge in [-0.25, -0.2) is 4.79 Å². The van der Waals surface area contributed by atoms with Crippen molar-refractivity contribution in [1.29, 1.82) is 0 Å². The first-order chi connectivity index (χ1) is 10.5. The first-order valence-electron chi connectivity index (χ1n) is 7.31. The summed E-state index contributed by atoms with van der Waals surface area (Å²) < 4.78 is 4.75. The molecular formula is C18H19NO3. The van der Waals surface area contributed by atoms with Crippen LogP contribution in [0.25, 0.3) is 0 Å². The summed E-state index contributed by atoms with van der Waals surface area (Å²) in [6, 6.07) is 16.0. The highest BCUT2D eigenvalue weighted by Crippen LogP contribution is 2.45. The number of hydrogen-bond acceptors (Lipinski definition) is 3. The summed E-state index contributed by atoms with van der Waals surface area (Å²) in [7, 11) is 0. The molecule has 1 unspecified atom stereocenters. The van der Waals surface area contributed by atoms with E-state index in [0.717, 1.165) is 17.7 Å². The van der Waals surface area contributed by atoms with Gasteiger partial charge in [0.1, 0.15) is 5.75 Å². The molecule has 0 radical (unpaired) electrons. The molecule has 2 aromatic rings. The van der Waals surface area contributed by atoms with Crippen molar-refractivity contribution >= 4 is 11.8 Å². The fourth-order valence-electron chi connectivity index (χ4n) is 3.15. The number of nitrogens with one attached hydrogen (secondary N) is 1. The Morgan fingerprint density at radius 2 is 1.95 bits per heavy atom. The summed E-state index contributed by atoms with van der Waals surface area (Å²) in [5.41, 5.74) is 3.38. The van der Waals surface area contributed by atoms with Crippen molar-refractivity contribution in [2.24, 2.45) is 5.41 Å². The monoisotopic (exact) mass is 297 g/mol. The summed E-state index contributed by atoms with van der Waals surface area (Å²) >= 11 is 0. The van der Waals surface area contributed by atoms with Crippen LogP contribution in [0.3, 0.4) is 0 Å². The first kappa shape index (κ1) is 14.4. The van der Waals surface area contributed by atoms with Crippen LogP contribution in [0.1, 0.15) is 31.0 Å². The smallest absolute Gasteiger partial charge is 0.449 e. The lowest BCUT2D eigenvalue weighted by Gasteiger charge is -2.41. The van der Waals surface area contributed by atoms with Gasteiger partial charge in [0.2, 0.25) is 0 Å². The predicted octanol–water partition coefficient (Wildman–Crippen LogP) is 4.48. The van der Waals surface area contributed by atoms with Gasteiger partial charge >= 0.3 is 6.16 Å². The van der Waals surface area contributed by atoms with Gasteiger partial charge in [0.15, 0.2) is 0 Å². The molecular weight excluding hydrogens is 278 g/mol. The second-order valence-corrected chi connectivity index (χ2v) is 6.34. The van der Waals surface area contributed by atoms with Gasteiger partial charge < -0.3 is 15.2 Å². The van der Waals surface area contributed by atoms with Crippen LogP contribution < -0.4 is 10.1 Å². The lowest BCUT2D eigenvalue weighted by molar-refractivity contribution is 0.144. The molecule has 0 spiro atoms. The Labute approximate surface area is 129 Å². The molecule has 1 heterocycles. The van der Waals surface area contributed by atoms with Gasteiger partial charge in [0.05, 0.1) is 6.04 Å². The van der Waals surface area contributed by atoms with E-state index >= 15 is 0 Å². The van der Waals surface area contributed by atoms with E-state index in [2.05, 4.69) is 31.3 Å². The zero-order valence-electron chi connectivity index (χ0n) is 12.7. The molecule has 4 heteroatoms. The molecule has 2 N–H and O–H groups in total. The Hall–Kier alpha value is -2.49. The van der Waals surface area contributed by atoms with Gasteiger partial charge in [-0.05, 0) is 41.2 Å². The zero-order chi connectivity index (χ0) is 15.7. The zero-order valence-corrected chi connectivity index (χ0v) is 12.7. The van der Waals surface area contributed by atoms with E-state index in [1.807, 2.05) is 24.3 Å². The second-order valence-electron chi connectivity index (χ2n) is 6.34. The van der Waals surface area contributed by atoms with E-state index in [0.29, 0.717) is 5.75 Å². The maximum atomic E-state index is 10.7. The molecule has 0 saturated heterocycles. The topological polar surface area (TPSA) is 58.6 Å². The summed E-state index contributed by atoms with van der Waals surface area (Å²) in [4.78, 5) is 10.7. The predicted molar refractivity (Wildman–Crippen MR) is 85.4 cm³/mol. The number of benzene rings is 2. The molecule has 114 valence electrons. The molecule has 0 amide bonds. The molecule has 0 aromatic heterocycles. The van der Waals surface area contributed by atoms with Crippen molar-refractivity contribution in [3.63, 3.8) is 0 Å². The van der Waals surface area contributed by atoms with Gasteiger partial charge in [0, 0.05) is 5.69 Å². The number of anilines is 1. The largest absolute Gasteiger partial charge is 0.511 e. The van der Waals surface area contributed by atoms with E-state index in [1.54, 1.807) is 12.1 Å². The average molecular weight is 297 g/mol. The molecule has 1 aliphatic rings. The van der Waals surface area contributed by atoms with Gasteiger partial charge in [-0.1, -0.05) is 44.2 Å². The van der Waals surface area contributed by atoms with Gasteiger partial charge in [-0.3, -0.25) is 0 Å². The van der Waals surface area contributed by atoms with E-state index < -0.39 is 6.16 Å². The van der Waals surface area contributed by atoms with Crippen LogP contribution in [0.15, 0.2) is 48.5 Å². The molecule has 1 atom stereocenters. The third-order valence-electron chi connectivity index (χ3n) is 4.14. The lowest BCUT2D eigenvalue weighted by atomic mass is 9.73. The molecule has 22 heavy (non-hydrogen) atoms. The molecule has 0 saturated carbocycles. The Kier molecular flexibility index (Phi) is 3.53. The fourth-order valence-corrected chi connectivity index (χ4v) is 3.15. The SMILES string of the molecule is CC1(C)Cc2cc(OC(=O)O)ccc2NC1c1ccccc1. The highest BCUT2D eigenvalue weighted by molar-refractivity contribution is 5.64. The van der Waals surface area contributed by atoms with E-state index in [4.69, 9.17) is 9.84 Å². The standard InChI is InChI=1S/C18H19NO3/c1-18(2)11-13-10-14(22-17(20)21)8-9-15(13)19-16(18)12-6-4-3-5-7-12/h3-10,16,19H,11H2,1-2H3,(H,20,21). The van der Waals surface area contributed by atoms with Crippen LogP contribution in [0.4, 0.5) is 10.5 Å². The van der Waals surface area contributed by atoms with Crippen LogP contribution in [0, 0.1) is 5.41 Å². The van der Waals surface area contributed by atoms with Crippen molar-refractivity contribution in [2.45, 2.75) is 26.3 Å².